The molecule has 1 N–H and O–H groups in total. The van der Waals surface area contributed by atoms with Crippen LogP contribution in [-0.4, -0.2) is 33.9 Å². The van der Waals surface area contributed by atoms with Crippen molar-refractivity contribution in [1.29, 1.82) is 0 Å². The van der Waals surface area contributed by atoms with Crippen LogP contribution in [0.2, 0.25) is 0 Å². The maximum atomic E-state index is 12.6. The lowest BCUT2D eigenvalue weighted by molar-refractivity contribution is -0.136. The molecule has 19 heavy (non-hydrogen) atoms. The molecular formula is C15H23N3O. The summed E-state index contributed by atoms with van der Waals surface area (Å²) in [5.74, 6) is 0.700. The molecule has 1 aromatic heterocycles. The summed E-state index contributed by atoms with van der Waals surface area (Å²) in [5, 5.41) is 0. The second-order valence-corrected chi connectivity index (χ2v) is 5.84. The summed E-state index contributed by atoms with van der Waals surface area (Å²) in [5.41, 5.74) is 2.42. The topological polar surface area (TPSA) is 49.0 Å². The van der Waals surface area contributed by atoms with Gasteiger partial charge in [0.2, 0.25) is 5.91 Å². The minimum Gasteiger partial charge on any atom is -0.348 e. The van der Waals surface area contributed by atoms with Gasteiger partial charge in [-0.2, -0.15) is 0 Å². The molecule has 104 valence electrons. The fourth-order valence-corrected chi connectivity index (χ4v) is 3.41. The van der Waals surface area contributed by atoms with Gasteiger partial charge >= 0.3 is 0 Å². The Morgan fingerprint density at radius 2 is 2.00 bits per heavy atom. The number of aromatic amines is 1. The van der Waals surface area contributed by atoms with Crippen molar-refractivity contribution in [3.8, 4) is 0 Å². The Hall–Kier alpha value is -1.32. The summed E-state index contributed by atoms with van der Waals surface area (Å²) in [4.78, 5) is 22.2. The predicted molar refractivity (Wildman–Crippen MR) is 73.8 cm³/mol. The first kappa shape index (κ1) is 12.7. The summed E-state index contributed by atoms with van der Waals surface area (Å²) in [6.45, 7) is 1.75. The zero-order chi connectivity index (χ0) is 13.1. The Kier molecular flexibility index (Phi) is 3.85. The van der Waals surface area contributed by atoms with Crippen LogP contribution in [0.1, 0.15) is 49.9 Å². The summed E-state index contributed by atoms with van der Waals surface area (Å²) in [6, 6.07) is 0. The molecule has 1 aromatic rings. The van der Waals surface area contributed by atoms with Crippen molar-refractivity contribution in [3.63, 3.8) is 0 Å². The van der Waals surface area contributed by atoms with E-state index >= 15 is 0 Å². The number of imidazole rings is 1. The first-order valence-corrected chi connectivity index (χ1v) is 7.64. The van der Waals surface area contributed by atoms with Crippen molar-refractivity contribution in [2.24, 2.45) is 5.92 Å². The van der Waals surface area contributed by atoms with E-state index < -0.39 is 0 Å². The Balaban J connectivity index is 1.63. The number of aromatic nitrogens is 2. The van der Waals surface area contributed by atoms with Gasteiger partial charge in [0.05, 0.1) is 12.0 Å². The average Bonchev–Trinajstić information content (AvgIpc) is 2.86. The predicted octanol–water partition coefficient (Wildman–Crippen LogP) is 2.31. The molecule has 1 aliphatic heterocycles. The first-order valence-electron chi connectivity index (χ1n) is 7.64. The summed E-state index contributed by atoms with van der Waals surface area (Å²) in [7, 11) is 0. The van der Waals surface area contributed by atoms with Gasteiger partial charge in [-0.15, -0.1) is 0 Å². The van der Waals surface area contributed by atoms with E-state index in [0.29, 0.717) is 11.8 Å². The molecule has 0 spiro atoms. The molecule has 4 nitrogen and oxygen atoms in total. The largest absolute Gasteiger partial charge is 0.348 e. The lowest BCUT2D eigenvalue weighted by atomic mass is 9.88. The number of amides is 1. The van der Waals surface area contributed by atoms with Crippen LogP contribution >= 0.6 is 0 Å². The molecule has 1 aliphatic carbocycles. The molecule has 0 saturated heterocycles. The van der Waals surface area contributed by atoms with Gasteiger partial charge in [-0.25, -0.2) is 4.98 Å². The Morgan fingerprint density at radius 1 is 1.16 bits per heavy atom. The van der Waals surface area contributed by atoms with E-state index in [-0.39, 0.29) is 0 Å². The normalized spacial score (nSPS) is 21.6. The van der Waals surface area contributed by atoms with Gasteiger partial charge in [0.1, 0.15) is 0 Å². The maximum absolute atomic E-state index is 12.6. The first-order chi connectivity index (χ1) is 9.34. The second kappa shape index (κ2) is 5.76. The van der Waals surface area contributed by atoms with Crippen LogP contribution in [0.5, 0.6) is 0 Å². The smallest absolute Gasteiger partial charge is 0.225 e. The molecule has 0 bridgehead atoms. The van der Waals surface area contributed by atoms with Crippen molar-refractivity contribution in [1.82, 2.24) is 14.9 Å². The van der Waals surface area contributed by atoms with Gasteiger partial charge < -0.3 is 9.88 Å². The van der Waals surface area contributed by atoms with Crippen LogP contribution in [0.15, 0.2) is 6.33 Å². The number of carbonyl (C=O) groups excluding carboxylic acids is 1. The number of fused-ring (bicyclic) bond motifs is 1. The van der Waals surface area contributed by atoms with E-state index in [0.717, 1.165) is 50.9 Å². The van der Waals surface area contributed by atoms with Crippen molar-refractivity contribution in [3.05, 3.63) is 17.7 Å². The molecular weight excluding hydrogens is 238 g/mol. The molecule has 0 radical (unpaired) electrons. The third-order valence-electron chi connectivity index (χ3n) is 4.55. The maximum Gasteiger partial charge on any atom is 0.225 e. The van der Waals surface area contributed by atoms with Crippen LogP contribution in [0.3, 0.4) is 0 Å². The van der Waals surface area contributed by atoms with E-state index in [2.05, 4.69) is 14.9 Å². The molecule has 2 heterocycles. The fraction of sp³-hybridized carbons (Fsp3) is 0.733. The third kappa shape index (κ3) is 2.82. The highest BCUT2D eigenvalue weighted by Crippen LogP contribution is 2.26. The standard InChI is InChI=1S/C15H23N3O/c19-15(12-5-2-1-3-6-12)18-9-4-7-13-14(8-10-18)17-11-16-13/h11-12H,1-10H2,(H,16,17). The fourth-order valence-electron chi connectivity index (χ4n) is 3.41. The summed E-state index contributed by atoms with van der Waals surface area (Å²) in [6.07, 6.45) is 10.7. The molecule has 0 aromatic carbocycles. The number of hydrogen-bond donors (Lipinski definition) is 1. The molecule has 0 unspecified atom stereocenters. The Labute approximate surface area is 114 Å². The minimum absolute atomic E-state index is 0.298. The highest BCUT2D eigenvalue weighted by atomic mass is 16.2. The molecule has 3 rings (SSSR count). The number of nitrogens with one attached hydrogen (secondary N) is 1. The van der Waals surface area contributed by atoms with Gasteiger partial charge in [-0.1, -0.05) is 19.3 Å². The zero-order valence-corrected chi connectivity index (χ0v) is 11.5. The van der Waals surface area contributed by atoms with Gasteiger partial charge in [-0.05, 0) is 25.7 Å². The van der Waals surface area contributed by atoms with Crippen LogP contribution < -0.4 is 0 Å². The van der Waals surface area contributed by atoms with E-state index in [1.165, 1.54) is 25.0 Å². The number of H-pyrrole nitrogens is 1. The highest BCUT2D eigenvalue weighted by Gasteiger charge is 2.26. The number of aryl methyl sites for hydroxylation is 1. The van der Waals surface area contributed by atoms with Gasteiger partial charge in [0, 0.05) is 31.1 Å². The molecule has 1 saturated carbocycles. The number of hydrogen-bond acceptors (Lipinski definition) is 2. The van der Waals surface area contributed by atoms with E-state index in [1.807, 2.05) is 0 Å². The van der Waals surface area contributed by atoms with Crippen molar-refractivity contribution in [2.45, 2.75) is 51.4 Å². The molecule has 2 aliphatic rings. The average molecular weight is 261 g/mol. The van der Waals surface area contributed by atoms with Crippen LogP contribution in [0.4, 0.5) is 0 Å². The highest BCUT2D eigenvalue weighted by molar-refractivity contribution is 5.79. The lowest BCUT2D eigenvalue weighted by Gasteiger charge is -2.30. The van der Waals surface area contributed by atoms with Crippen molar-refractivity contribution in [2.75, 3.05) is 13.1 Å². The zero-order valence-electron chi connectivity index (χ0n) is 11.5. The molecule has 4 heteroatoms. The van der Waals surface area contributed by atoms with E-state index in [1.54, 1.807) is 6.33 Å². The van der Waals surface area contributed by atoms with Crippen LogP contribution in [-0.2, 0) is 17.6 Å². The van der Waals surface area contributed by atoms with Crippen LogP contribution in [0.25, 0.3) is 0 Å². The number of rotatable bonds is 1. The van der Waals surface area contributed by atoms with Gasteiger partial charge in [0.15, 0.2) is 0 Å². The summed E-state index contributed by atoms with van der Waals surface area (Å²) < 4.78 is 0. The summed E-state index contributed by atoms with van der Waals surface area (Å²) >= 11 is 0. The lowest BCUT2D eigenvalue weighted by Crippen LogP contribution is -2.40. The monoisotopic (exact) mass is 261 g/mol. The number of carbonyl (C=O) groups is 1. The number of nitrogens with zero attached hydrogens (tertiary/aromatic N) is 2. The SMILES string of the molecule is O=C(C1CCCCC1)N1CCCc2[nH]cnc2CC1. The van der Waals surface area contributed by atoms with E-state index in [4.69, 9.17) is 0 Å². The third-order valence-corrected chi connectivity index (χ3v) is 4.55. The second-order valence-electron chi connectivity index (χ2n) is 5.84. The van der Waals surface area contributed by atoms with Crippen LogP contribution in [0, 0.1) is 5.92 Å². The van der Waals surface area contributed by atoms with Crippen molar-refractivity contribution >= 4 is 5.91 Å². The van der Waals surface area contributed by atoms with Crippen molar-refractivity contribution < 1.29 is 4.79 Å². The molecule has 1 fully saturated rings. The quantitative estimate of drug-likeness (QED) is 0.843. The van der Waals surface area contributed by atoms with Gasteiger partial charge in [-0.3, -0.25) is 4.79 Å². The molecule has 1 amide bonds. The Bertz CT molecular complexity index is 434. The Morgan fingerprint density at radius 3 is 2.84 bits per heavy atom. The van der Waals surface area contributed by atoms with E-state index in [9.17, 15) is 4.79 Å². The van der Waals surface area contributed by atoms with Gasteiger partial charge in [0.25, 0.3) is 0 Å². The molecule has 0 atom stereocenters. The minimum atomic E-state index is 0.298.